The quantitative estimate of drug-likeness (QED) is 0.412. The summed E-state index contributed by atoms with van der Waals surface area (Å²) in [4.78, 5) is 28.9. The van der Waals surface area contributed by atoms with Crippen molar-refractivity contribution in [3.63, 3.8) is 0 Å². The fourth-order valence-corrected chi connectivity index (χ4v) is 2.34. The summed E-state index contributed by atoms with van der Waals surface area (Å²) in [7, 11) is 3.06. The Morgan fingerprint density at radius 2 is 2.05 bits per heavy atom. The maximum absolute atomic E-state index is 12.3. The van der Waals surface area contributed by atoms with Crippen molar-refractivity contribution in [2.45, 2.75) is 26.4 Å². The summed E-state index contributed by atoms with van der Waals surface area (Å²) in [5, 5.41) is 0. The van der Waals surface area contributed by atoms with Crippen LogP contribution in [-0.2, 0) is 24.9 Å². The van der Waals surface area contributed by atoms with E-state index in [4.69, 9.17) is 10.6 Å². The van der Waals surface area contributed by atoms with Gasteiger partial charge in [-0.2, -0.15) is 4.98 Å². The predicted octanol–water partition coefficient (Wildman–Crippen LogP) is -0.761. The third-order valence-corrected chi connectivity index (χ3v) is 3.41. The molecule has 0 bridgehead atoms. The highest BCUT2D eigenvalue weighted by atomic mass is 16.5. The number of nitrogens with two attached hydrogens (primary N) is 1. The lowest BCUT2D eigenvalue weighted by molar-refractivity contribution is 0.190. The fourth-order valence-electron chi connectivity index (χ4n) is 2.34. The van der Waals surface area contributed by atoms with Crippen molar-refractivity contribution < 1.29 is 4.74 Å². The van der Waals surface area contributed by atoms with Gasteiger partial charge in [-0.25, -0.2) is 10.6 Å². The van der Waals surface area contributed by atoms with Crippen LogP contribution in [0.15, 0.2) is 9.59 Å². The first-order valence-corrected chi connectivity index (χ1v) is 6.72. The largest absolute Gasteiger partial charge is 0.385 e. The van der Waals surface area contributed by atoms with Gasteiger partial charge in [-0.1, -0.05) is 0 Å². The van der Waals surface area contributed by atoms with Gasteiger partial charge in [0.05, 0.1) is 0 Å². The van der Waals surface area contributed by atoms with E-state index in [1.807, 2.05) is 6.92 Å². The molecule has 2 aromatic rings. The summed E-state index contributed by atoms with van der Waals surface area (Å²) < 4.78 is 9.22. The highest BCUT2D eigenvalue weighted by Gasteiger charge is 2.18. The normalized spacial score (nSPS) is 11.2. The summed E-state index contributed by atoms with van der Waals surface area (Å²) >= 11 is 0. The minimum Gasteiger partial charge on any atom is -0.385 e. The molecule has 9 nitrogen and oxygen atoms in total. The van der Waals surface area contributed by atoms with Crippen molar-refractivity contribution in [2.24, 2.45) is 12.9 Å². The summed E-state index contributed by atoms with van der Waals surface area (Å²) in [5.74, 6) is 5.80. The van der Waals surface area contributed by atoms with Gasteiger partial charge in [-0.15, -0.1) is 0 Å². The van der Waals surface area contributed by atoms with Crippen LogP contribution in [0.3, 0.4) is 0 Å². The molecule has 0 aliphatic carbocycles. The van der Waals surface area contributed by atoms with Crippen LogP contribution in [0, 0.1) is 0 Å². The van der Waals surface area contributed by atoms with Crippen LogP contribution >= 0.6 is 0 Å². The molecule has 0 fully saturated rings. The molecular formula is C12H20N6O3. The van der Waals surface area contributed by atoms with Crippen molar-refractivity contribution >= 4 is 17.1 Å². The van der Waals surface area contributed by atoms with E-state index in [2.05, 4.69) is 10.4 Å². The molecule has 0 aromatic carbocycles. The van der Waals surface area contributed by atoms with Gasteiger partial charge >= 0.3 is 5.69 Å². The van der Waals surface area contributed by atoms with Crippen molar-refractivity contribution in [2.75, 3.05) is 19.1 Å². The monoisotopic (exact) mass is 296 g/mol. The van der Waals surface area contributed by atoms with Gasteiger partial charge in [0.15, 0.2) is 11.2 Å². The number of aryl methyl sites for hydroxylation is 2. The fraction of sp³-hybridized carbons (Fsp3) is 0.583. The lowest BCUT2D eigenvalue weighted by Gasteiger charge is -2.09. The number of nitrogens with one attached hydrogen (secondary N) is 1. The highest BCUT2D eigenvalue weighted by Crippen LogP contribution is 2.14. The zero-order chi connectivity index (χ0) is 15.6. The van der Waals surface area contributed by atoms with Crippen LogP contribution in [0.2, 0.25) is 0 Å². The number of fused-ring (bicyclic) bond motifs is 1. The molecule has 2 aromatic heterocycles. The Morgan fingerprint density at radius 1 is 1.33 bits per heavy atom. The highest BCUT2D eigenvalue weighted by molar-refractivity contribution is 5.74. The molecule has 0 atom stereocenters. The number of anilines is 1. The summed E-state index contributed by atoms with van der Waals surface area (Å²) in [6.07, 6.45) is 0.647. The topological polar surface area (TPSA) is 109 Å². The SMILES string of the molecule is CCn1c(NN)nc2c1c(=O)n(C)c(=O)n2CCCOC. The van der Waals surface area contributed by atoms with Crippen LogP contribution in [0.4, 0.5) is 5.95 Å². The van der Waals surface area contributed by atoms with E-state index in [-0.39, 0.29) is 5.56 Å². The van der Waals surface area contributed by atoms with Crippen molar-refractivity contribution in [1.82, 2.24) is 18.7 Å². The number of nitrogen functional groups attached to an aromatic ring is 1. The van der Waals surface area contributed by atoms with Crippen molar-refractivity contribution in [3.05, 3.63) is 20.8 Å². The van der Waals surface area contributed by atoms with Gasteiger partial charge in [-0.3, -0.25) is 19.4 Å². The van der Waals surface area contributed by atoms with E-state index in [9.17, 15) is 9.59 Å². The number of methoxy groups -OCH3 is 1. The number of ether oxygens (including phenoxy) is 1. The lowest BCUT2D eigenvalue weighted by atomic mass is 10.4. The van der Waals surface area contributed by atoms with E-state index >= 15 is 0 Å². The lowest BCUT2D eigenvalue weighted by Crippen LogP contribution is -2.39. The average molecular weight is 296 g/mol. The van der Waals surface area contributed by atoms with Gasteiger partial charge < -0.3 is 9.30 Å². The zero-order valence-corrected chi connectivity index (χ0v) is 12.4. The zero-order valence-electron chi connectivity index (χ0n) is 12.4. The van der Waals surface area contributed by atoms with E-state index in [0.717, 1.165) is 4.57 Å². The molecule has 21 heavy (non-hydrogen) atoms. The van der Waals surface area contributed by atoms with Gasteiger partial charge in [0.25, 0.3) is 5.56 Å². The molecule has 0 spiro atoms. The second-order valence-corrected chi connectivity index (χ2v) is 4.64. The molecule has 0 amide bonds. The number of imidazole rings is 1. The average Bonchev–Trinajstić information content (AvgIpc) is 2.87. The Kier molecular flexibility index (Phi) is 4.43. The van der Waals surface area contributed by atoms with Crippen molar-refractivity contribution in [1.29, 1.82) is 0 Å². The molecule has 0 saturated heterocycles. The first kappa shape index (κ1) is 15.3. The van der Waals surface area contributed by atoms with Gasteiger partial charge in [0.1, 0.15) is 0 Å². The number of aromatic nitrogens is 4. The maximum atomic E-state index is 12.3. The smallest absolute Gasteiger partial charge is 0.332 e. The second-order valence-electron chi connectivity index (χ2n) is 4.64. The van der Waals surface area contributed by atoms with E-state index in [1.165, 1.54) is 11.6 Å². The van der Waals surface area contributed by atoms with Gasteiger partial charge in [-0.05, 0) is 13.3 Å². The maximum Gasteiger partial charge on any atom is 0.332 e. The first-order valence-electron chi connectivity index (χ1n) is 6.72. The van der Waals surface area contributed by atoms with Crippen LogP contribution in [-0.4, -0.2) is 32.4 Å². The van der Waals surface area contributed by atoms with E-state index in [0.29, 0.717) is 43.2 Å². The van der Waals surface area contributed by atoms with E-state index in [1.54, 1.807) is 11.7 Å². The Bertz CT molecular complexity index is 757. The first-order chi connectivity index (χ1) is 10.1. The molecule has 2 heterocycles. The molecule has 0 unspecified atom stereocenters. The Balaban J connectivity index is 2.75. The van der Waals surface area contributed by atoms with E-state index < -0.39 is 5.69 Å². The minimum absolute atomic E-state index is 0.342. The number of rotatable bonds is 6. The standard InChI is InChI=1S/C12H20N6O3/c1-4-17-8-9(14-11(17)15-13)18(6-5-7-21-3)12(20)16(2)10(8)19/h4-7,13H2,1-3H3,(H,14,15). The summed E-state index contributed by atoms with van der Waals surface area (Å²) in [5.41, 5.74) is 2.39. The third kappa shape index (κ3) is 2.45. The predicted molar refractivity (Wildman–Crippen MR) is 79.2 cm³/mol. The summed E-state index contributed by atoms with van der Waals surface area (Å²) in [6.45, 7) is 3.33. The third-order valence-electron chi connectivity index (χ3n) is 3.41. The number of hydrazine groups is 1. The Morgan fingerprint density at radius 3 is 2.62 bits per heavy atom. The molecule has 2 rings (SSSR count). The number of hydrogen-bond acceptors (Lipinski definition) is 6. The van der Waals surface area contributed by atoms with Gasteiger partial charge in [0, 0.05) is 33.9 Å². The molecule has 9 heteroatoms. The van der Waals surface area contributed by atoms with Gasteiger partial charge in [0.2, 0.25) is 5.95 Å². The van der Waals surface area contributed by atoms with Crippen LogP contribution in [0.25, 0.3) is 11.2 Å². The molecule has 116 valence electrons. The second kappa shape index (κ2) is 6.10. The van der Waals surface area contributed by atoms with Crippen molar-refractivity contribution in [3.8, 4) is 0 Å². The molecule has 0 aliphatic rings. The van der Waals surface area contributed by atoms with Crippen LogP contribution < -0.4 is 22.5 Å². The molecular weight excluding hydrogens is 276 g/mol. The number of nitrogens with zero attached hydrogens (tertiary/aromatic N) is 4. The Hall–Kier alpha value is -2.13. The minimum atomic E-state index is -0.395. The molecule has 0 saturated carbocycles. The van der Waals surface area contributed by atoms with Crippen LogP contribution in [0.5, 0.6) is 0 Å². The number of hydrogen-bond donors (Lipinski definition) is 2. The summed E-state index contributed by atoms with van der Waals surface area (Å²) in [6, 6.07) is 0. The molecule has 0 aliphatic heterocycles. The van der Waals surface area contributed by atoms with Crippen LogP contribution in [0.1, 0.15) is 13.3 Å². The molecule has 0 radical (unpaired) electrons. The molecule has 3 N–H and O–H groups in total. The Labute approximate surface area is 120 Å².